The van der Waals surface area contributed by atoms with Gasteiger partial charge in [0.25, 0.3) is 0 Å². The van der Waals surface area contributed by atoms with Crippen molar-refractivity contribution in [2.45, 2.75) is 50.5 Å². The van der Waals surface area contributed by atoms with Gasteiger partial charge in [-0.05, 0) is 66.2 Å². The molecule has 2 unspecified atom stereocenters. The number of benzene rings is 2. The van der Waals surface area contributed by atoms with E-state index in [-0.39, 0.29) is 42.7 Å². The third kappa shape index (κ3) is 5.19. The minimum atomic E-state index is -0.746. The highest BCUT2D eigenvalue weighted by molar-refractivity contribution is 5.80. The zero-order chi connectivity index (χ0) is 24.4. The number of hydrogen-bond acceptors (Lipinski definition) is 4. The molecule has 2 fully saturated rings. The molecule has 2 aromatic carbocycles. The first kappa shape index (κ1) is 23.4. The number of carbonyl (C=O) groups excluding carboxylic acids is 2. The van der Waals surface area contributed by atoms with Crippen LogP contribution in [0, 0.1) is 17.8 Å². The van der Waals surface area contributed by atoms with E-state index < -0.39 is 12.1 Å². The second kappa shape index (κ2) is 10.1. The number of amides is 2. The van der Waals surface area contributed by atoms with Crippen LogP contribution in [0.3, 0.4) is 0 Å². The number of rotatable bonds is 8. The van der Waals surface area contributed by atoms with Crippen molar-refractivity contribution in [1.29, 1.82) is 0 Å². The summed E-state index contributed by atoms with van der Waals surface area (Å²) >= 11 is 0. The summed E-state index contributed by atoms with van der Waals surface area (Å²) in [6, 6.07) is 16.4. The summed E-state index contributed by atoms with van der Waals surface area (Å²) in [5, 5.41) is 14.9. The molecule has 3 aliphatic carbocycles. The fourth-order valence-electron chi connectivity index (χ4n) is 5.94. The van der Waals surface area contributed by atoms with E-state index in [9.17, 15) is 14.4 Å². The van der Waals surface area contributed by atoms with E-state index in [1.807, 2.05) is 24.3 Å². The number of ether oxygens (including phenoxy) is 1. The Bertz CT molecular complexity index is 1060. The zero-order valence-corrected chi connectivity index (χ0v) is 19.7. The van der Waals surface area contributed by atoms with Gasteiger partial charge in [0.15, 0.2) is 0 Å². The number of aliphatic carboxylic acids is 1. The van der Waals surface area contributed by atoms with Crippen LogP contribution >= 0.6 is 0 Å². The quantitative estimate of drug-likeness (QED) is 0.527. The summed E-state index contributed by atoms with van der Waals surface area (Å²) in [4.78, 5) is 35.8. The molecule has 184 valence electrons. The molecule has 0 spiro atoms. The molecule has 5 rings (SSSR count). The van der Waals surface area contributed by atoms with Gasteiger partial charge < -0.3 is 20.5 Å². The molecule has 0 aromatic heterocycles. The lowest BCUT2D eigenvalue weighted by Crippen LogP contribution is -2.50. The normalized spacial score (nSPS) is 24.7. The van der Waals surface area contributed by atoms with Gasteiger partial charge in [0.05, 0.1) is 0 Å². The van der Waals surface area contributed by atoms with Gasteiger partial charge in [-0.15, -0.1) is 0 Å². The third-order valence-corrected chi connectivity index (χ3v) is 7.85. The van der Waals surface area contributed by atoms with E-state index >= 15 is 0 Å². The SMILES string of the molecule is O=C(O)CC1CCC(CNC(=O)C2CC(NC(=O)OCC3c4ccccc4-c4ccccc43)C2)C1. The van der Waals surface area contributed by atoms with Gasteiger partial charge in [0.2, 0.25) is 5.91 Å². The maximum atomic E-state index is 12.5. The van der Waals surface area contributed by atoms with Gasteiger partial charge in [0.1, 0.15) is 6.61 Å². The van der Waals surface area contributed by atoms with Crippen molar-refractivity contribution in [3.63, 3.8) is 0 Å². The first-order valence-corrected chi connectivity index (χ1v) is 12.6. The fraction of sp³-hybridized carbons (Fsp3) is 0.464. The molecule has 2 amide bonds. The maximum Gasteiger partial charge on any atom is 0.407 e. The summed E-state index contributed by atoms with van der Waals surface area (Å²) in [6.07, 6.45) is 3.76. The molecular weight excluding hydrogens is 444 g/mol. The smallest absolute Gasteiger partial charge is 0.407 e. The topological polar surface area (TPSA) is 105 Å². The number of hydrogen-bond donors (Lipinski definition) is 3. The summed E-state index contributed by atoms with van der Waals surface area (Å²) in [5.41, 5.74) is 4.75. The minimum Gasteiger partial charge on any atom is -0.481 e. The van der Waals surface area contributed by atoms with Crippen LogP contribution in [0.25, 0.3) is 11.1 Å². The van der Waals surface area contributed by atoms with Crippen LogP contribution in [0.2, 0.25) is 0 Å². The van der Waals surface area contributed by atoms with Crippen LogP contribution in [0.15, 0.2) is 48.5 Å². The Kier molecular flexibility index (Phi) is 6.75. The third-order valence-electron chi connectivity index (χ3n) is 7.85. The zero-order valence-electron chi connectivity index (χ0n) is 19.7. The van der Waals surface area contributed by atoms with Crippen molar-refractivity contribution < 1.29 is 24.2 Å². The standard InChI is InChI=1S/C28H32N2O5/c31-26(32)12-17-9-10-18(11-17)15-29-27(33)19-13-20(14-19)30-28(34)35-16-25-23-7-3-1-5-21(23)22-6-2-4-8-24(22)25/h1-8,17-20,25H,9-16H2,(H,29,33)(H,30,34)(H,31,32). The lowest BCUT2D eigenvalue weighted by molar-refractivity contribution is -0.138. The minimum absolute atomic E-state index is 0.0253. The van der Waals surface area contributed by atoms with E-state index in [2.05, 4.69) is 34.9 Å². The molecule has 2 aromatic rings. The highest BCUT2D eigenvalue weighted by Crippen LogP contribution is 2.44. The van der Waals surface area contributed by atoms with Crippen molar-refractivity contribution in [3.8, 4) is 11.1 Å². The molecule has 3 N–H and O–H groups in total. The second-order valence-corrected chi connectivity index (χ2v) is 10.2. The van der Waals surface area contributed by atoms with Gasteiger partial charge >= 0.3 is 12.1 Å². The van der Waals surface area contributed by atoms with E-state index in [1.54, 1.807) is 0 Å². The Morgan fingerprint density at radius 1 is 0.886 bits per heavy atom. The molecular formula is C28H32N2O5. The molecule has 3 aliphatic rings. The van der Waals surface area contributed by atoms with Crippen molar-refractivity contribution in [3.05, 3.63) is 59.7 Å². The molecule has 2 saturated carbocycles. The largest absolute Gasteiger partial charge is 0.481 e. The average Bonchev–Trinajstić information content (AvgIpc) is 3.40. The maximum absolute atomic E-state index is 12.5. The van der Waals surface area contributed by atoms with Crippen LogP contribution in [-0.2, 0) is 14.3 Å². The molecule has 0 aliphatic heterocycles. The van der Waals surface area contributed by atoms with Gasteiger partial charge in [-0.3, -0.25) is 9.59 Å². The first-order chi connectivity index (χ1) is 17.0. The fourth-order valence-corrected chi connectivity index (χ4v) is 5.94. The molecule has 7 nitrogen and oxygen atoms in total. The number of carboxylic acid groups (broad SMARTS) is 1. The summed E-state index contributed by atoms with van der Waals surface area (Å²) in [5.74, 6) is -0.202. The average molecular weight is 477 g/mol. The summed E-state index contributed by atoms with van der Waals surface area (Å²) in [6.45, 7) is 0.886. The van der Waals surface area contributed by atoms with E-state index in [0.29, 0.717) is 25.3 Å². The van der Waals surface area contributed by atoms with Crippen molar-refractivity contribution in [2.75, 3.05) is 13.2 Å². The number of fused-ring (bicyclic) bond motifs is 3. The van der Waals surface area contributed by atoms with E-state index in [1.165, 1.54) is 22.3 Å². The Labute approximate surface area is 205 Å². The molecule has 0 radical (unpaired) electrons. The molecule has 7 heteroatoms. The van der Waals surface area contributed by atoms with Crippen LogP contribution in [-0.4, -0.2) is 42.3 Å². The predicted molar refractivity (Wildman–Crippen MR) is 131 cm³/mol. The number of nitrogens with one attached hydrogen (secondary N) is 2. The Balaban J connectivity index is 1.03. The highest BCUT2D eigenvalue weighted by atomic mass is 16.5. The van der Waals surface area contributed by atoms with Crippen LogP contribution in [0.5, 0.6) is 0 Å². The second-order valence-electron chi connectivity index (χ2n) is 10.2. The Hall–Kier alpha value is -3.35. The van der Waals surface area contributed by atoms with Crippen LogP contribution in [0.1, 0.15) is 55.6 Å². The van der Waals surface area contributed by atoms with Gasteiger partial charge in [-0.2, -0.15) is 0 Å². The van der Waals surface area contributed by atoms with Crippen molar-refractivity contribution >= 4 is 18.0 Å². The highest BCUT2D eigenvalue weighted by Gasteiger charge is 2.37. The molecule has 2 atom stereocenters. The van der Waals surface area contributed by atoms with Crippen LogP contribution < -0.4 is 10.6 Å². The molecule has 35 heavy (non-hydrogen) atoms. The molecule has 0 saturated heterocycles. The van der Waals surface area contributed by atoms with E-state index in [4.69, 9.17) is 9.84 Å². The number of carbonyl (C=O) groups is 3. The predicted octanol–water partition coefficient (Wildman–Crippen LogP) is 4.31. The monoisotopic (exact) mass is 476 g/mol. The van der Waals surface area contributed by atoms with Crippen molar-refractivity contribution in [1.82, 2.24) is 10.6 Å². The number of alkyl carbamates (subject to hydrolysis) is 1. The summed E-state index contributed by atoms with van der Waals surface area (Å²) in [7, 11) is 0. The van der Waals surface area contributed by atoms with Gasteiger partial charge in [-0.1, -0.05) is 48.5 Å². The molecule has 0 heterocycles. The molecule has 0 bridgehead atoms. The lowest BCUT2D eigenvalue weighted by Gasteiger charge is -2.34. The Morgan fingerprint density at radius 2 is 1.51 bits per heavy atom. The van der Waals surface area contributed by atoms with Gasteiger partial charge in [-0.25, -0.2) is 4.79 Å². The van der Waals surface area contributed by atoms with Crippen molar-refractivity contribution in [2.24, 2.45) is 17.8 Å². The van der Waals surface area contributed by atoms with E-state index in [0.717, 1.165) is 19.3 Å². The number of carboxylic acids is 1. The van der Waals surface area contributed by atoms with Gasteiger partial charge in [0, 0.05) is 30.8 Å². The summed E-state index contributed by atoms with van der Waals surface area (Å²) < 4.78 is 5.60. The first-order valence-electron chi connectivity index (χ1n) is 12.6. The lowest BCUT2D eigenvalue weighted by atomic mass is 9.79. The Morgan fingerprint density at radius 3 is 2.17 bits per heavy atom. The van der Waals surface area contributed by atoms with Crippen LogP contribution in [0.4, 0.5) is 4.79 Å².